The van der Waals surface area contributed by atoms with Crippen molar-refractivity contribution in [1.29, 1.82) is 0 Å². The standard InChI is InChI=1S/C22H12Cl3F3N2O2S2.C21H13Cl3N2O2S2.2H2/c23-16-8-13(22(26,27)28)5-6-20(16)34(31,32)30-14-9-17(24)21(18(25)10-14)33-15-7-12-3-1-2-4-19(12)29-11-15;22-16-6-2-4-8-20(16)30(27,28)26-14-10-17(23)21(18(24)11-14)29-15-9-13-5-1-3-7-19(13)25-12-15;;/h1-11,30H;1-12,26H;2*1H. The number of nitrogens with zero attached hydrogens (tertiary/aromatic N) is 2. The maximum Gasteiger partial charge on any atom is 0.416 e. The van der Waals surface area contributed by atoms with E-state index in [-0.39, 0.29) is 34.2 Å². The Bertz CT molecular complexity index is 3280. The van der Waals surface area contributed by atoms with E-state index in [9.17, 15) is 30.0 Å². The van der Waals surface area contributed by atoms with Crippen LogP contribution in [0, 0.1) is 0 Å². The van der Waals surface area contributed by atoms with Gasteiger partial charge in [-0.3, -0.25) is 19.4 Å². The van der Waals surface area contributed by atoms with Crippen LogP contribution in [0.15, 0.2) is 169 Å². The number of alkyl halides is 3. The van der Waals surface area contributed by atoms with E-state index in [1.807, 2.05) is 60.7 Å². The lowest BCUT2D eigenvalue weighted by Crippen LogP contribution is -2.14. The van der Waals surface area contributed by atoms with Crippen molar-refractivity contribution in [1.82, 2.24) is 9.97 Å². The van der Waals surface area contributed by atoms with Crippen LogP contribution in [0.5, 0.6) is 0 Å². The van der Waals surface area contributed by atoms with Gasteiger partial charge in [0, 0.05) is 45.6 Å². The molecule has 6 aromatic carbocycles. The third-order valence-corrected chi connectivity index (χ3v) is 16.3. The highest BCUT2D eigenvalue weighted by Gasteiger charge is 2.32. The molecule has 2 aromatic heterocycles. The zero-order chi connectivity index (χ0) is 46.0. The van der Waals surface area contributed by atoms with Gasteiger partial charge in [-0.1, -0.05) is 142 Å². The van der Waals surface area contributed by atoms with Crippen LogP contribution in [-0.2, 0) is 26.2 Å². The van der Waals surface area contributed by atoms with Gasteiger partial charge in [-0.05, 0) is 78.9 Å². The molecular formula is C43H29Cl6F3N4O4S4. The molecule has 0 amide bonds. The number of pyridine rings is 2. The lowest BCUT2D eigenvalue weighted by Gasteiger charge is -2.14. The van der Waals surface area contributed by atoms with Crippen molar-refractivity contribution < 1.29 is 32.9 Å². The Labute approximate surface area is 406 Å². The lowest BCUT2D eigenvalue weighted by atomic mass is 10.2. The van der Waals surface area contributed by atoms with Crippen LogP contribution in [0.2, 0.25) is 30.1 Å². The molecule has 0 radical (unpaired) electrons. The molecule has 0 atom stereocenters. The Hall–Kier alpha value is -4.13. The molecule has 8 nitrogen and oxygen atoms in total. The van der Waals surface area contributed by atoms with Crippen LogP contribution in [0.25, 0.3) is 21.8 Å². The number of para-hydroxylation sites is 2. The van der Waals surface area contributed by atoms with E-state index in [1.54, 1.807) is 24.5 Å². The van der Waals surface area contributed by atoms with Gasteiger partial charge < -0.3 is 0 Å². The second kappa shape index (κ2) is 19.8. The molecule has 8 rings (SSSR count). The second-order valence-corrected chi connectivity index (χ2v) is 21.2. The zero-order valence-electron chi connectivity index (χ0n) is 31.8. The molecule has 0 saturated heterocycles. The van der Waals surface area contributed by atoms with Crippen LogP contribution in [0.1, 0.15) is 8.42 Å². The average Bonchev–Trinajstić information content (AvgIpc) is 3.23. The van der Waals surface area contributed by atoms with Gasteiger partial charge >= 0.3 is 6.18 Å². The van der Waals surface area contributed by atoms with Crippen molar-refractivity contribution in [3.63, 3.8) is 0 Å². The van der Waals surface area contributed by atoms with E-state index in [1.165, 1.54) is 59.9 Å². The van der Waals surface area contributed by atoms with Crippen molar-refractivity contribution in [3.8, 4) is 0 Å². The number of hydrogen-bond acceptors (Lipinski definition) is 8. The Morgan fingerprint density at radius 3 is 1.31 bits per heavy atom. The van der Waals surface area contributed by atoms with Gasteiger partial charge in [0.25, 0.3) is 20.0 Å². The van der Waals surface area contributed by atoms with Gasteiger partial charge in [-0.25, -0.2) is 16.8 Å². The SMILES string of the molecule is O=S(=O)(Nc1cc(Cl)c(Sc2cnc3ccccc3c2)c(Cl)c1)c1ccc(C(F)(F)F)cc1Cl.O=S(=O)(Nc1cc(Cl)c(Sc2cnc3ccccc3c2)c(Cl)c1)c1ccccc1Cl.[HH].[HH]. The third kappa shape index (κ3) is 11.4. The summed E-state index contributed by atoms with van der Waals surface area (Å²) in [4.78, 5) is 11.0. The van der Waals surface area contributed by atoms with Gasteiger partial charge in [0.05, 0.1) is 58.1 Å². The van der Waals surface area contributed by atoms with Crippen molar-refractivity contribution in [2.75, 3.05) is 9.44 Å². The van der Waals surface area contributed by atoms with Crippen molar-refractivity contribution in [2.45, 2.75) is 35.5 Å². The normalized spacial score (nSPS) is 11.9. The summed E-state index contributed by atoms with van der Waals surface area (Å²) in [6.07, 6.45) is -1.25. The third-order valence-electron chi connectivity index (χ3n) is 8.75. The lowest BCUT2D eigenvalue weighted by molar-refractivity contribution is -0.137. The van der Waals surface area contributed by atoms with Crippen molar-refractivity contribution in [3.05, 3.63) is 175 Å². The second-order valence-electron chi connectivity index (χ2n) is 13.3. The van der Waals surface area contributed by atoms with Crippen LogP contribution in [0.3, 0.4) is 0 Å². The molecule has 0 aliphatic heterocycles. The minimum absolute atomic E-state index is 0. The molecule has 0 spiro atoms. The summed E-state index contributed by atoms with van der Waals surface area (Å²) in [6.45, 7) is 0. The largest absolute Gasteiger partial charge is 0.416 e. The van der Waals surface area contributed by atoms with Crippen LogP contribution in [0.4, 0.5) is 24.5 Å². The number of hydrogen-bond donors (Lipinski definition) is 2. The fourth-order valence-corrected chi connectivity index (χ4v) is 12.1. The molecule has 0 bridgehead atoms. The van der Waals surface area contributed by atoms with E-state index in [0.717, 1.165) is 37.7 Å². The summed E-state index contributed by atoms with van der Waals surface area (Å²) in [7, 11) is -8.21. The molecule has 21 heteroatoms. The first-order valence-electron chi connectivity index (χ1n) is 18.0. The molecule has 0 unspecified atom stereocenters. The minimum Gasteiger partial charge on any atom is -0.279 e. The number of benzene rings is 6. The summed E-state index contributed by atoms with van der Waals surface area (Å²) in [5, 5.41) is 2.45. The first-order chi connectivity index (χ1) is 30.3. The summed E-state index contributed by atoms with van der Waals surface area (Å²) in [5.41, 5.74) is 0.920. The number of fused-ring (bicyclic) bond motifs is 2. The molecule has 0 saturated carbocycles. The summed E-state index contributed by atoms with van der Waals surface area (Å²) in [6, 6.07) is 33.1. The Kier molecular flexibility index (Phi) is 14.8. The quantitative estimate of drug-likeness (QED) is 0.139. The Morgan fingerprint density at radius 1 is 0.484 bits per heavy atom. The fraction of sp³-hybridized carbons (Fsp3) is 0.0233. The number of rotatable bonds is 10. The monoisotopic (exact) mass is 1060 g/mol. The Morgan fingerprint density at radius 2 is 0.891 bits per heavy atom. The van der Waals surface area contributed by atoms with Gasteiger partial charge in [0.2, 0.25) is 0 Å². The number of aromatic nitrogens is 2. The molecular weight excluding hydrogens is 1030 g/mol. The fourth-order valence-electron chi connectivity index (χ4n) is 5.86. The van der Waals surface area contributed by atoms with E-state index >= 15 is 0 Å². The van der Waals surface area contributed by atoms with Crippen LogP contribution >= 0.6 is 93.1 Å². The number of sulfonamides is 2. The molecule has 2 heterocycles. The van der Waals surface area contributed by atoms with Gasteiger partial charge in [-0.2, -0.15) is 13.2 Å². The minimum atomic E-state index is -4.66. The predicted octanol–water partition coefficient (Wildman–Crippen LogP) is 15.8. The first-order valence-corrected chi connectivity index (χ1v) is 24.8. The molecule has 0 aliphatic rings. The van der Waals surface area contributed by atoms with Crippen molar-refractivity contribution >= 4 is 146 Å². The summed E-state index contributed by atoms with van der Waals surface area (Å²) >= 11 is 40.0. The average molecular weight is 1060 g/mol. The molecule has 0 fully saturated rings. The molecule has 8 aromatic rings. The highest BCUT2D eigenvalue weighted by molar-refractivity contribution is 8.00. The maximum atomic E-state index is 12.8. The smallest absolute Gasteiger partial charge is 0.279 e. The number of anilines is 2. The van der Waals surface area contributed by atoms with E-state index in [2.05, 4.69) is 19.4 Å². The van der Waals surface area contributed by atoms with E-state index in [0.29, 0.717) is 32.0 Å². The molecule has 2 N–H and O–H groups in total. The molecule has 64 heavy (non-hydrogen) atoms. The summed E-state index contributed by atoms with van der Waals surface area (Å²) < 4.78 is 94.0. The van der Waals surface area contributed by atoms with Crippen molar-refractivity contribution in [2.24, 2.45) is 0 Å². The highest BCUT2D eigenvalue weighted by Crippen LogP contribution is 2.43. The number of nitrogens with one attached hydrogen (secondary N) is 2. The summed E-state index contributed by atoms with van der Waals surface area (Å²) in [5.74, 6) is 0. The zero-order valence-corrected chi connectivity index (χ0v) is 39.6. The van der Waals surface area contributed by atoms with Crippen LogP contribution in [-0.4, -0.2) is 26.8 Å². The molecule has 332 valence electrons. The molecule has 0 aliphatic carbocycles. The predicted molar refractivity (Wildman–Crippen MR) is 258 cm³/mol. The van der Waals surface area contributed by atoms with Gasteiger partial charge in [0.1, 0.15) is 9.79 Å². The van der Waals surface area contributed by atoms with E-state index in [4.69, 9.17) is 69.6 Å². The van der Waals surface area contributed by atoms with Gasteiger partial charge in [-0.15, -0.1) is 0 Å². The van der Waals surface area contributed by atoms with E-state index < -0.39 is 41.7 Å². The van der Waals surface area contributed by atoms with Crippen LogP contribution < -0.4 is 9.44 Å². The Balaban J connectivity index is 0.000000242. The maximum absolute atomic E-state index is 12.8. The topological polar surface area (TPSA) is 118 Å². The highest BCUT2D eigenvalue weighted by atomic mass is 35.5. The van der Waals surface area contributed by atoms with Gasteiger partial charge in [0.15, 0.2) is 0 Å². The number of halogens is 9. The first kappa shape index (κ1) is 47.8.